The van der Waals surface area contributed by atoms with Gasteiger partial charge in [-0.1, -0.05) is 54.6 Å². The maximum Gasteiger partial charge on any atom is 0.117 e. The molecule has 1 heterocycles. The first kappa shape index (κ1) is 20.4. The van der Waals surface area contributed by atoms with Gasteiger partial charge >= 0.3 is 0 Å². The molecule has 1 N–H and O–H groups in total. The van der Waals surface area contributed by atoms with E-state index in [0.29, 0.717) is 18.2 Å². The Kier molecular flexibility index (Phi) is 7.10. The molecule has 1 unspecified atom stereocenters. The fourth-order valence-electron chi connectivity index (χ4n) is 3.40. The zero-order chi connectivity index (χ0) is 19.9. The van der Waals surface area contributed by atoms with E-state index in [1.54, 1.807) is 19.2 Å². The number of aromatic hydroxyl groups is 1. The molecule has 0 aromatic heterocycles. The molecule has 4 heteroatoms. The van der Waals surface area contributed by atoms with Crippen LogP contribution >= 0.6 is 11.6 Å². The fraction of sp³-hybridized carbons (Fsp3) is 0.250. The van der Waals surface area contributed by atoms with Crippen molar-refractivity contribution in [2.75, 3.05) is 20.3 Å². The van der Waals surface area contributed by atoms with Crippen LogP contribution in [0.25, 0.3) is 11.6 Å². The Morgan fingerprint density at radius 3 is 2.79 bits per heavy atom. The Bertz CT molecular complexity index is 884. The maximum atomic E-state index is 9.61. The van der Waals surface area contributed by atoms with E-state index in [1.165, 1.54) is 5.57 Å². The van der Waals surface area contributed by atoms with Crippen LogP contribution in [0.5, 0.6) is 5.75 Å². The summed E-state index contributed by atoms with van der Waals surface area (Å²) in [5, 5.41) is 10.1. The first-order chi connectivity index (χ1) is 13.6. The molecule has 2 aromatic rings. The van der Waals surface area contributed by atoms with Gasteiger partial charge < -0.3 is 14.6 Å². The minimum Gasteiger partial charge on any atom is -0.508 e. The van der Waals surface area contributed by atoms with Gasteiger partial charge in [0.2, 0.25) is 0 Å². The van der Waals surface area contributed by atoms with Crippen molar-refractivity contribution in [2.24, 2.45) is 0 Å². The first-order valence-electron chi connectivity index (χ1n) is 9.31. The Labute approximate surface area is 171 Å². The predicted octanol–water partition coefficient (Wildman–Crippen LogP) is 5.89. The van der Waals surface area contributed by atoms with Crippen LogP contribution in [0, 0.1) is 0 Å². The standard InChI is InChI=1S/C24H25ClO3/c1-17(16-27-2)22-12-13-28-24(22)11-9-19(18-6-4-3-5-7-18)14-20-8-10-21(26)15-23(20)25/h3-8,10,12,14-15,24,26H,1,9,11,13,16H2,2H3/b19-14-. The number of phenolic OH excluding ortho intramolecular Hbond substituents is 1. The van der Waals surface area contributed by atoms with Crippen molar-refractivity contribution in [3.8, 4) is 5.75 Å². The zero-order valence-electron chi connectivity index (χ0n) is 16.0. The summed E-state index contributed by atoms with van der Waals surface area (Å²) in [7, 11) is 1.67. The van der Waals surface area contributed by atoms with E-state index >= 15 is 0 Å². The number of allylic oxidation sites excluding steroid dienone is 1. The fourth-order valence-corrected chi connectivity index (χ4v) is 3.63. The van der Waals surface area contributed by atoms with Gasteiger partial charge in [0.15, 0.2) is 0 Å². The summed E-state index contributed by atoms with van der Waals surface area (Å²) in [6.07, 6.45) is 5.85. The Balaban J connectivity index is 1.82. The van der Waals surface area contributed by atoms with Gasteiger partial charge in [0.1, 0.15) is 5.75 Å². The van der Waals surface area contributed by atoms with E-state index in [1.807, 2.05) is 24.3 Å². The average molecular weight is 397 g/mol. The van der Waals surface area contributed by atoms with Gasteiger partial charge in [-0.25, -0.2) is 0 Å². The number of halogens is 1. The lowest BCUT2D eigenvalue weighted by molar-refractivity contribution is 0.116. The van der Waals surface area contributed by atoms with E-state index in [2.05, 4.69) is 30.9 Å². The third-order valence-corrected chi connectivity index (χ3v) is 5.14. The quantitative estimate of drug-likeness (QED) is 0.565. The van der Waals surface area contributed by atoms with Gasteiger partial charge in [-0.15, -0.1) is 0 Å². The van der Waals surface area contributed by atoms with E-state index in [4.69, 9.17) is 21.1 Å². The lowest BCUT2D eigenvalue weighted by atomic mass is 9.93. The normalized spacial score (nSPS) is 16.9. The van der Waals surface area contributed by atoms with E-state index in [-0.39, 0.29) is 11.9 Å². The molecular formula is C24H25ClO3. The van der Waals surface area contributed by atoms with Gasteiger partial charge in [-0.3, -0.25) is 0 Å². The molecule has 3 nitrogen and oxygen atoms in total. The third-order valence-electron chi connectivity index (χ3n) is 4.81. The molecule has 2 aromatic carbocycles. The molecule has 28 heavy (non-hydrogen) atoms. The van der Waals surface area contributed by atoms with Gasteiger partial charge in [-0.2, -0.15) is 0 Å². The van der Waals surface area contributed by atoms with Gasteiger partial charge in [0.25, 0.3) is 0 Å². The summed E-state index contributed by atoms with van der Waals surface area (Å²) >= 11 is 6.32. The molecule has 146 valence electrons. The number of methoxy groups -OCH3 is 1. The molecule has 0 amide bonds. The van der Waals surface area contributed by atoms with Crippen LogP contribution in [0.1, 0.15) is 24.0 Å². The number of hydrogen-bond acceptors (Lipinski definition) is 3. The highest BCUT2D eigenvalue weighted by Crippen LogP contribution is 2.32. The molecule has 0 bridgehead atoms. The van der Waals surface area contributed by atoms with Crippen LogP contribution in [-0.4, -0.2) is 31.5 Å². The zero-order valence-corrected chi connectivity index (χ0v) is 16.8. The lowest BCUT2D eigenvalue weighted by Gasteiger charge is -2.18. The minimum atomic E-state index is 0.0186. The van der Waals surface area contributed by atoms with E-state index in [9.17, 15) is 5.11 Å². The highest BCUT2D eigenvalue weighted by molar-refractivity contribution is 6.32. The number of phenols is 1. The van der Waals surface area contributed by atoms with Crippen molar-refractivity contribution in [3.05, 3.63) is 88.5 Å². The average Bonchev–Trinajstić information content (AvgIpc) is 3.16. The smallest absolute Gasteiger partial charge is 0.117 e. The van der Waals surface area contributed by atoms with Crippen LogP contribution in [0.4, 0.5) is 0 Å². The van der Waals surface area contributed by atoms with Crippen molar-refractivity contribution < 1.29 is 14.6 Å². The summed E-state index contributed by atoms with van der Waals surface area (Å²) in [6.45, 7) is 5.24. The number of hydrogen-bond donors (Lipinski definition) is 1. The summed E-state index contributed by atoms with van der Waals surface area (Å²) in [4.78, 5) is 0. The second kappa shape index (κ2) is 9.74. The molecule has 0 saturated carbocycles. The summed E-state index contributed by atoms with van der Waals surface area (Å²) < 4.78 is 11.1. The van der Waals surface area contributed by atoms with Crippen molar-refractivity contribution in [1.29, 1.82) is 0 Å². The second-order valence-electron chi connectivity index (χ2n) is 6.80. The number of rotatable bonds is 8. The van der Waals surface area contributed by atoms with Crippen LogP contribution in [0.2, 0.25) is 5.02 Å². The van der Waals surface area contributed by atoms with Gasteiger partial charge in [0, 0.05) is 7.11 Å². The van der Waals surface area contributed by atoms with Crippen molar-refractivity contribution in [1.82, 2.24) is 0 Å². The monoisotopic (exact) mass is 396 g/mol. The van der Waals surface area contributed by atoms with Crippen LogP contribution in [0.3, 0.4) is 0 Å². The van der Waals surface area contributed by atoms with Crippen molar-refractivity contribution in [3.63, 3.8) is 0 Å². The molecule has 0 fully saturated rings. The van der Waals surface area contributed by atoms with Gasteiger partial charge in [-0.05, 0) is 65.0 Å². The SMILES string of the molecule is C=C(COC)C1=CCOC1CC/C(=C/c1ccc(O)cc1Cl)c1ccccc1. The topological polar surface area (TPSA) is 38.7 Å². The van der Waals surface area contributed by atoms with Crippen LogP contribution in [-0.2, 0) is 9.47 Å². The van der Waals surface area contributed by atoms with Crippen LogP contribution in [0.15, 0.2) is 72.3 Å². The highest BCUT2D eigenvalue weighted by atomic mass is 35.5. The molecule has 1 atom stereocenters. The molecule has 0 radical (unpaired) electrons. The van der Waals surface area contributed by atoms with Crippen molar-refractivity contribution >= 4 is 23.3 Å². The van der Waals surface area contributed by atoms with Crippen molar-refractivity contribution in [2.45, 2.75) is 18.9 Å². The largest absolute Gasteiger partial charge is 0.508 e. The Morgan fingerprint density at radius 2 is 2.07 bits per heavy atom. The third kappa shape index (κ3) is 5.14. The lowest BCUT2D eigenvalue weighted by Crippen LogP contribution is -2.13. The molecular weight excluding hydrogens is 372 g/mol. The summed E-state index contributed by atoms with van der Waals surface area (Å²) in [6, 6.07) is 15.3. The minimum absolute atomic E-state index is 0.0186. The molecule has 3 rings (SSSR count). The first-order valence-corrected chi connectivity index (χ1v) is 9.69. The van der Waals surface area contributed by atoms with E-state index < -0.39 is 0 Å². The molecule has 0 aliphatic carbocycles. The predicted molar refractivity (Wildman–Crippen MR) is 116 cm³/mol. The molecule has 0 spiro atoms. The Hall–Kier alpha value is -2.33. The Morgan fingerprint density at radius 1 is 1.29 bits per heavy atom. The number of benzene rings is 2. The maximum absolute atomic E-state index is 9.61. The highest BCUT2D eigenvalue weighted by Gasteiger charge is 2.22. The van der Waals surface area contributed by atoms with Gasteiger partial charge in [0.05, 0.1) is 24.3 Å². The molecule has 1 aliphatic rings. The molecule has 1 aliphatic heterocycles. The number of ether oxygens (including phenoxy) is 2. The molecule has 0 saturated heterocycles. The summed E-state index contributed by atoms with van der Waals surface area (Å²) in [5.41, 5.74) is 5.30. The van der Waals surface area contributed by atoms with Crippen LogP contribution < -0.4 is 0 Å². The second-order valence-corrected chi connectivity index (χ2v) is 7.21. The van der Waals surface area contributed by atoms with E-state index in [0.717, 1.165) is 35.1 Å². The summed E-state index contributed by atoms with van der Waals surface area (Å²) in [5.74, 6) is 0.161.